The molecule has 212 valence electrons. The first-order valence-electron chi connectivity index (χ1n) is 15.1. The number of benzene rings is 6. The minimum Gasteiger partial charge on any atom is -0.298 e. The maximum Gasteiger partial charge on any atom is 0.155 e. The molecule has 45 heavy (non-hydrogen) atoms. The van der Waals surface area contributed by atoms with Gasteiger partial charge >= 0.3 is 0 Å². The minimum atomic E-state index is 0.371. The molecule has 0 amide bonds. The normalized spacial score (nSPS) is 14.0. The standard InChI is InChI=1S/C41H28N4/c42-37-26-30(38-15-7-8-24-43-38)20-23-39(37)45-44-32-21-18-28(19-22-32)40-33-11-3-5-13-35(33)41(36-14-6-4-12-34(36)40)31-17-16-27-9-1-2-10-29(27)25-31/h1-26,42,44H/p+1. The molecule has 6 aromatic carbocycles. The molecule has 0 atom stereocenters. The Morgan fingerprint density at radius 1 is 0.556 bits per heavy atom. The van der Waals surface area contributed by atoms with E-state index < -0.39 is 0 Å². The van der Waals surface area contributed by atoms with Crippen molar-refractivity contribution in [2.24, 2.45) is 5.10 Å². The Balaban J connectivity index is 1.16. The third-order valence-electron chi connectivity index (χ3n) is 8.48. The first kappa shape index (κ1) is 26.6. The summed E-state index contributed by atoms with van der Waals surface area (Å²) in [5.74, 6) is 0. The van der Waals surface area contributed by atoms with Crippen LogP contribution in [0, 0.1) is 5.41 Å². The van der Waals surface area contributed by atoms with Crippen LogP contribution in [0.1, 0.15) is 5.69 Å². The molecule has 4 nitrogen and oxygen atoms in total. The van der Waals surface area contributed by atoms with Gasteiger partial charge in [0.25, 0.3) is 0 Å². The van der Waals surface area contributed by atoms with E-state index in [-0.39, 0.29) is 0 Å². The molecule has 1 aromatic heterocycles. The summed E-state index contributed by atoms with van der Waals surface area (Å²) >= 11 is 0. The molecule has 7 aromatic rings. The maximum atomic E-state index is 8.50. The number of aromatic nitrogens is 1. The van der Waals surface area contributed by atoms with Gasteiger partial charge in [0.15, 0.2) is 5.69 Å². The zero-order valence-electron chi connectivity index (χ0n) is 24.5. The van der Waals surface area contributed by atoms with E-state index in [9.17, 15) is 0 Å². The lowest BCUT2D eigenvalue weighted by Crippen LogP contribution is -2.71. The average molecular weight is 578 g/mol. The monoisotopic (exact) mass is 577 g/mol. The summed E-state index contributed by atoms with van der Waals surface area (Å²) in [6.45, 7) is 0. The van der Waals surface area contributed by atoms with Crippen molar-refractivity contribution in [3.05, 3.63) is 164 Å². The molecule has 4 heteroatoms. The number of fused-ring (bicyclic) bond motifs is 3. The van der Waals surface area contributed by atoms with Gasteiger partial charge < -0.3 is 0 Å². The predicted octanol–water partition coefficient (Wildman–Crippen LogP) is 9.10. The summed E-state index contributed by atoms with van der Waals surface area (Å²) in [5.41, 5.74) is 10.4. The number of allylic oxidation sites excluding steroid dienone is 4. The molecule has 1 aliphatic carbocycles. The Morgan fingerprint density at radius 3 is 1.80 bits per heavy atom. The second kappa shape index (κ2) is 11.3. The molecule has 0 bridgehead atoms. The summed E-state index contributed by atoms with van der Waals surface area (Å²) in [6.07, 6.45) is 7.43. The van der Waals surface area contributed by atoms with Crippen LogP contribution in [0.4, 0.5) is 5.69 Å². The first-order chi connectivity index (χ1) is 22.2. The quantitative estimate of drug-likeness (QED) is 0.0692. The number of nitrogens with two attached hydrogens (primary N) is 1. The van der Waals surface area contributed by atoms with Crippen LogP contribution < -0.4 is 5.43 Å². The van der Waals surface area contributed by atoms with Gasteiger partial charge in [-0.1, -0.05) is 102 Å². The van der Waals surface area contributed by atoms with E-state index in [1.54, 1.807) is 6.20 Å². The fourth-order valence-corrected chi connectivity index (χ4v) is 6.32. The van der Waals surface area contributed by atoms with E-state index >= 15 is 0 Å². The highest BCUT2D eigenvalue weighted by Gasteiger charge is 2.17. The molecule has 0 unspecified atom stereocenters. The van der Waals surface area contributed by atoms with Gasteiger partial charge in [0.1, 0.15) is 5.71 Å². The fourth-order valence-electron chi connectivity index (χ4n) is 6.32. The average Bonchev–Trinajstić information content (AvgIpc) is 3.10. The number of rotatable bonds is 5. The highest BCUT2D eigenvalue weighted by molar-refractivity contribution is 6.51. The van der Waals surface area contributed by atoms with Crippen LogP contribution in [0.25, 0.3) is 60.1 Å². The SMILES string of the molecule is N=C1C=C(c2ccccn2)C=CC1=N[NH2+]c1ccc(-c2c3ccccc3c(-c3ccc4ccccc4c3)c3ccccc23)cc1. The summed E-state index contributed by atoms with van der Waals surface area (Å²) < 4.78 is 0. The summed E-state index contributed by atoms with van der Waals surface area (Å²) in [7, 11) is 0. The molecule has 8 rings (SSSR count). The molecule has 0 saturated carbocycles. The van der Waals surface area contributed by atoms with Crippen molar-refractivity contribution in [3.63, 3.8) is 0 Å². The van der Waals surface area contributed by atoms with Crippen LogP contribution in [0.2, 0.25) is 0 Å². The Labute approximate surface area is 261 Å². The summed E-state index contributed by atoms with van der Waals surface area (Å²) in [6, 6.07) is 47.2. The zero-order valence-corrected chi connectivity index (χ0v) is 24.5. The van der Waals surface area contributed by atoms with Crippen molar-refractivity contribution in [2.75, 3.05) is 0 Å². The lowest BCUT2D eigenvalue weighted by Gasteiger charge is -2.18. The van der Waals surface area contributed by atoms with Gasteiger partial charge in [0, 0.05) is 23.9 Å². The van der Waals surface area contributed by atoms with Crippen LogP contribution in [0.5, 0.6) is 0 Å². The van der Waals surface area contributed by atoms with Gasteiger partial charge in [-0.3, -0.25) is 10.4 Å². The predicted molar refractivity (Wildman–Crippen MR) is 188 cm³/mol. The van der Waals surface area contributed by atoms with Gasteiger partial charge in [0.05, 0.1) is 11.4 Å². The topological polar surface area (TPSA) is 65.7 Å². The molecule has 0 fully saturated rings. The van der Waals surface area contributed by atoms with Crippen molar-refractivity contribution < 1.29 is 5.43 Å². The van der Waals surface area contributed by atoms with E-state index in [2.05, 4.69) is 125 Å². The smallest absolute Gasteiger partial charge is 0.155 e. The second-order valence-corrected chi connectivity index (χ2v) is 11.2. The van der Waals surface area contributed by atoms with E-state index in [4.69, 9.17) is 5.41 Å². The molecule has 0 aliphatic heterocycles. The Hall–Kier alpha value is -5.97. The Kier molecular flexibility index (Phi) is 6.67. The molecule has 1 aliphatic rings. The lowest BCUT2D eigenvalue weighted by atomic mass is 9.85. The van der Waals surface area contributed by atoms with E-state index in [1.807, 2.05) is 41.9 Å². The van der Waals surface area contributed by atoms with Crippen molar-refractivity contribution in [1.82, 2.24) is 4.98 Å². The third kappa shape index (κ3) is 4.93. The molecule has 0 saturated heterocycles. The second-order valence-electron chi connectivity index (χ2n) is 11.2. The first-order valence-corrected chi connectivity index (χ1v) is 15.1. The van der Waals surface area contributed by atoms with Crippen molar-refractivity contribution in [3.8, 4) is 22.3 Å². The number of pyridine rings is 1. The van der Waals surface area contributed by atoms with Crippen LogP contribution in [-0.4, -0.2) is 16.4 Å². The Morgan fingerprint density at radius 2 is 1.16 bits per heavy atom. The summed E-state index contributed by atoms with van der Waals surface area (Å²) in [5, 5.41) is 20.6. The van der Waals surface area contributed by atoms with E-state index in [0.717, 1.165) is 22.5 Å². The highest BCUT2D eigenvalue weighted by atomic mass is 15.3. The van der Waals surface area contributed by atoms with Crippen LogP contribution in [0.3, 0.4) is 0 Å². The third-order valence-corrected chi connectivity index (χ3v) is 8.48. The largest absolute Gasteiger partial charge is 0.298 e. The van der Waals surface area contributed by atoms with Crippen LogP contribution in [-0.2, 0) is 0 Å². The van der Waals surface area contributed by atoms with E-state index in [0.29, 0.717) is 11.4 Å². The zero-order chi connectivity index (χ0) is 30.2. The molecule has 3 N–H and O–H groups in total. The van der Waals surface area contributed by atoms with E-state index in [1.165, 1.54) is 49.0 Å². The van der Waals surface area contributed by atoms with Gasteiger partial charge in [-0.2, -0.15) is 5.43 Å². The van der Waals surface area contributed by atoms with Crippen LogP contribution in [0.15, 0.2) is 163 Å². The van der Waals surface area contributed by atoms with Crippen molar-refractivity contribution in [1.29, 1.82) is 5.41 Å². The van der Waals surface area contributed by atoms with Crippen molar-refractivity contribution >= 4 is 55.0 Å². The molecular weight excluding hydrogens is 548 g/mol. The van der Waals surface area contributed by atoms with Gasteiger partial charge in [-0.15, -0.1) is 0 Å². The molecule has 0 spiro atoms. The number of hydrogen-bond donors (Lipinski definition) is 2. The van der Waals surface area contributed by atoms with Crippen molar-refractivity contribution in [2.45, 2.75) is 0 Å². The maximum absolute atomic E-state index is 8.50. The van der Waals surface area contributed by atoms with Gasteiger partial charge in [-0.05, 0) is 97.1 Å². The van der Waals surface area contributed by atoms with Gasteiger partial charge in [0.2, 0.25) is 0 Å². The Bertz CT molecular complexity index is 2290. The highest BCUT2D eigenvalue weighted by Crippen LogP contribution is 2.44. The fraction of sp³-hybridized carbons (Fsp3) is 0. The summed E-state index contributed by atoms with van der Waals surface area (Å²) in [4.78, 5) is 4.39. The number of nitrogens with zero attached hydrogens (tertiary/aromatic N) is 2. The molecular formula is C41H29N4+. The number of quaternary nitrogens is 1. The number of hydrogen-bond acceptors (Lipinski definition) is 3. The molecule has 0 radical (unpaired) electrons. The molecule has 1 heterocycles. The van der Waals surface area contributed by atoms with Crippen LogP contribution >= 0.6 is 0 Å². The number of nitrogens with one attached hydrogen (secondary N) is 1. The minimum absolute atomic E-state index is 0.371. The lowest BCUT2D eigenvalue weighted by molar-refractivity contribution is -0.577. The van der Waals surface area contributed by atoms with Gasteiger partial charge in [-0.25, -0.2) is 0 Å².